The van der Waals surface area contributed by atoms with E-state index in [0.29, 0.717) is 5.54 Å². The second-order valence-electron chi connectivity index (χ2n) is 2.92. The van der Waals surface area contributed by atoms with Gasteiger partial charge in [-0.1, -0.05) is 6.92 Å². The first-order valence-electron chi connectivity index (χ1n) is 3.42. The average molecular weight is 126 g/mol. The number of likely N-dealkylation sites (N-methyl/N-ethyl adjacent to an activating group) is 1. The minimum atomic E-state index is 0.306. The SMILES string of the molecule is CCC1(C)CN=CN1C. The van der Waals surface area contributed by atoms with Gasteiger partial charge in [0.05, 0.1) is 18.4 Å². The molecule has 0 aromatic carbocycles. The Hall–Kier alpha value is -0.530. The summed E-state index contributed by atoms with van der Waals surface area (Å²) in [4.78, 5) is 6.38. The van der Waals surface area contributed by atoms with E-state index in [1.165, 1.54) is 6.42 Å². The lowest BCUT2D eigenvalue weighted by molar-refractivity contribution is 0.260. The lowest BCUT2D eigenvalue weighted by Crippen LogP contribution is -2.40. The minimum Gasteiger partial charge on any atom is -0.359 e. The van der Waals surface area contributed by atoms with E-state index in [1.54, 1.807) is 0 Å². The van der Waals surface area contributed by atoms with Gasteiger partial charge >= 0.3 is 0 Å². The summed E-state index contributed by atoms with van der Waals surface area (Å²) in [6.45, 7) is 5.39. The topological polar surface area (TPSA) is 15.6 Å². The molecule has 0 radical (unpaired) electrons. The summed E-state index contributed by atoms with van der Waals surface area (Å²) in [5, 5.41) is 0. The fourth-order valence-electron chi connectivity index (χ4n) is 0.972. The fraction of sp³-hybridized carbons (Fsp3) is 0.857. The monoisotopic (exact) mass is 126 g/mol. The Kier molecular flexibility index (Phi) is 1.47. The van der Waals surface area contributed by atoms with Gasteiger partial charge in [-0.15, -0.1) is 0 Å². The molecule has 2 nitrogen and oxygen atoms in total. The molecule has 0 bridgehead atoms. The van der Waals surface area contributed by atoms with Crippen LogP contribution in [0.3, 0.4) is 0 Å². The summed E-state index contributed by atoms with van der Waals surface area (Å²) in [5.74, 6) is 0. The predicted octanol–water partition coefficient (Wildman–Crippen LogP) is 1.13. The molecule has 9 heavy (non-hydrogen) atoms. The molecule has 0 saturated heterocycles. The number of nitrogens with zero attached hydrogens (tertiary/aromatic N) is 2. The summed E-state index contributed by atoms with van der Waals surface area (Å²) < 4.78 is 0. The van der Waals surface area contributed by atoms with Crippen LogP contribution in [0, 0.1) is 0 Å². The van der Waals surface area contributed by atoms with Crippen LogP contribution in [0.2, 0.25) is 0 Å². The maximum Gasteiger partial charge on any atom is 0.0853 e. The van der Waals surface area contributed by atoms with Gasteiger partial charge in [-0.25, -0.2) is 0 Å². The molecule has 1 aliphatic heterocycles. The van der Waals surface area contributed by atoms with Crippen molar-refractivity contribution >= 4 is 6.34 Å². The summed E-state index contributed by atoms with van der Waals surface area (Å²) in [6.07, 6.45) is 3.09. The van der Waals surface area contributed by atoms with E-state index in [-0.39, 0.29) is 0 Å². The second kappa shape index (κ2) is 2.01. The van der Waals surface area contributed by atoms with Crippen molar-refractivity contribution in [2.75, 3.05) is 13.6 Å². The lowest BCUT2D eigenvalue weighted by Gasteiger charge is -2.30. The molecule has 0 amide bonds. The Balaban J connectivity index is 2.62. The van der Waals surface area contributed by atoms with Crippen molar-refractivity contribution in [3.8, 4) is 0 Å². The molecule has 0 aromatic heterocycles. The molecule has 1 aliphatic rings. The van der Waals surface area contributed by atoms with Gasteiger partial charge in [0.1, 0.15) is 0 Å². The molecular weight excluding hydrogens is 112 g/mol. The van der Waals surface area contributed by atoms with Crippen LogP contribution in [-0.2, 0) is 0 Å². The van der Waals surface area contributed by atoms with E-state index in [4.69, 9.17) is 0 Å². The number of aliphatic imine (C=N–C) groups is 1. The normalized spacial score (nSPS) is 33.9. The molecule has 1 heterocycles. The zero-order chi connectivity index (χ0) is 6.91. The first-order valence-corrected chi connectivity index (χ1v) is 3.42. The second-order valence-corrected chi connectivity index (χ2v) is 2.92. The van der Waals surface area contributed by atoms with Crippen molar-refractivity contribution < 1.29 is 0 Å². The molecule has 1 unspecified atom stereocenters. The molecule has 0 fully saturated rings. The number of hydrogen-bond acceptors (Lipinski definition) is 2. The first kappa shape index (κ1) is 6.59. The van der Waals surface area contributed by atoms with Crippen LogP contribution in [0.15, 0.2) is 4.99 Å². The molecule has 1 rings (SSSR count). The molecule has 2 heteroatoms. The van der Waals surface area contributed by atoms with Crippen molar-refractivity contribution in [2.45, 2.75) is 25.8 Å². The zero-order valence-electron chi connectivity index (χ0n) is 6.39. The van der Waals surface area contributed by atoms with Crippen LogP contribution in [0.1, 0.15) is 20.3 Å². The van der Waals surface area contributed by atoms with Crippen LogP contribution < -0.4 is 0 Å². The van der Waals surface area contributed by atoms with E-state index < -0.39 is 0 Å². The largest absolute Gasteiger partial charge is 0.359 e. The molecule has 0 aromatic rings. The van der Waals surface area contributed by atoms with Crippen molar-refractivity contribution in [1.82, 2.24) is 4.90 Å². The molecule has 52 valence electrons. The molecule has 0 saturated carbocycles. The average Bonchev–Trinajstić information content (AvgIpc) is 2.15. The zero-order valence-corrected chi connectivity index (χ0v) is 6.39. The van der Waals surface area contributed by atoms with Gasteiger partial charge in [0.25, 0.3) is 0 Å². The van der Waals surface area contributed by atoms with Crippen LogP contribution in [-0.4, -0.2) is 30.4 Å². The van der Waals surface area contributed by atoms with Crippen molar-refractivity contribution in [2.24, 2.45) is 4.99 Å². The number of rotatable bonds is 1. The van der Waals surface area contributed by atoms with Gasteiger partial charge in [0, 0.05) is 7.05 Å². The molecule has 0 aliphatic carbocycles. The Labute approximate surface area is 56.6 Å². The lowest BCUT2D eigenvalue weighted by atomic mass is 9.99. The van der Waals surface area contributed by atoms with Gasteiger partial charge < -0.3 is 4.90 Å². The smallest absolute Gasteiger partial charge is 0.0853 e. The van der Waals surface area contributed by atoms with Crippen LogP contribution >= 0.6 is 0 Å². The van der Waals surface area contributed by atoms with E-state index in [0.717, 1.165) is 6.54 Å². The Morgan fingerprint density at radius 3 is 2.67 bits per heavy atom. The summed E-state index contributed by atoms with van der Waals surface area (Å²) >= 11 is 0. The predicted molar refractivity (Wildman–Crippen MR) is 39.8 cm³/mol. The Bertz CT molecular complexity index is 131. The third-order valence-corrected chi connectivity index (χ3v) is 2.30. The third-order valence-electron chi connectivity index (χ3n) is 2.30. The van der Waals surface area contributed by atoms with Crippen LogP contribution in [0.4, 0.5) is 0 Å². The summed E-state index contributed by atoms with van der Waals surface area (Å²) in [6, 6.07) is 0. The third kappa shape index (κ3) is 0.934. The maximum absolute atomic E-state index is 4.19. The van der Waals surface area contributed by atoms with Gasteiger partial charge in [0.15, 0.2) is 0 Å². The van der Waals surface area contributed by atoms with E-state index in [1.807, 2.05) is 6.34 Å². The molecule has 0 spiro atoms. The highest BCUT2D eigenvalue weighted by molar-refractivity contribution is 5.58. The highest BCUT2D eigenvalue weighted by Gasteiger charge is 2.28. The molecule has 0 N–H and O–H groups in total. The van der Waals surface area contributed by atoms with E-state index in [9.17, 15) is 0 Å². The Morgan fingerprint density at radius 2 is 2.44 bits per heavy atom. The minimum absolute atomic E-state index is 0.306. The van der Waals surface area contributed by atoms with Gasteiger partial charge in [-0.05, 0) is 13.3 Å². The van der Waals surface area contributed by atoms with Crippen molar-refractivity contribution in [1.29, 1.82) is 0 Å². The standard InChI is InChI=1S/C7H14N2/c1-4-7(2)5-8-6-9(7)3/h6H,4-5H2,1-3H3. The molecule has 1 atom stereocenters. The highest BCUT2D eigenvalue weighted by Crippen LogP contribution is 2.20. The molecular formula is C7H14N2. The Morgan fingerprint density at radius 1 is 1.78 bits per heavy atom. The van der Waals surface area contributed by atoms with Crippen LogP contribution in [0.5, 0.6) is 0 Å². The van der Waals surface area contributed by atoms with E-state index >= 15 is 0 Å². The van der Waals surface area contributed by atoms with Crippen molar-refractivity contribution in [3.63, 3.8) is 0 Å². The van der Waals surface area contributed by atoms with Gasteiger partial charge in [0.2, 0.25) is 0 Å². The fourth-order valence-corrected chi connectivity index (χ4v) is 0.972. The van der Waals surface area contributed by atoms with Gasteiger partial charge in [-0.2, -0.15) is 0 Å². The van der Waals surface area contributed by atoms with Crippen LogP contribution in [0.25, 0.3) is 0 Å². The highest BCUT2D eigenvalue weighted by atomic mass is 15.2. The van der Waals surface area contributed by atoms with Crippen molar-refractivity contribution in [3.05, 3.63) is 0 Å². The summed E-state index contributed by atoms with van der Waals surface area (Å²) in [7, 11) is 2.08. The number of hydrogen-bond donors (Lipinski definition) is 0. The summed E-state index contributed by atoms with van der Waals surface area (Å²) in [5.41, 5.74) is 0.306. The van der Waals surface area contributed by atoms with E-state index in [2.05, 4.69) is 30.8 Å². The first-order chi connectivity index (χ1) is 4.19. The van der Waals surface area contributed by atoms with Gasteiger partial charge in [-0.3, -0.25) is 4.99 Å². The quantitative estimate of drug-likeness (QED) is 0.514. The maximum atomic E-state index is 4.19.